The van der Waals surface area contributed by atoms with Gasteiger partial charge in [-0.1, -0.05) is 0 Å². The van der Waals surface area contributed by atoms with Gasteiger partial charge in [0.15, 0.2) is 0 Å². The number of nitrogens with zero attached hydrogens (tertiary/aromatic N) is 3. The maximum absolute atomic E-state index is 12.3. The van der Waals surface area contributed by atoms with Crippen molar-refractivity contribution >= 4 is 10.0 Å². The first kappa shape index (κ1) is 11.4. The van der Waals surface area contributed by atoms with Crippen molar-refractivity contribution in [2.45, 2.75) is 17.2 Å². The lowest BCUT2D eigenvalue weighted by molar-refractivity contribution is 0.472. The van der Waals surface area contributed by atoms with E-state index < -0.39 is 10.0 Å². The molecule has 3 rings (SSSR count). The third kappa shape index (κ3) is 1.83. The molecule has 0 spiro atoms. The van der Waals surface area contributed by atoms with Crippen LogP contribution in [0.4, 0.5) is 0 Å². The third-order valence-corrected chi connectivity index (χ3v) is 5.05. The SMILES string of the molecule is O=S(=O)(c1cn[nH]c1)N1CC[C@@H](c2ccn[nH]2)C1. The van der Waals surface area contributed by atoms with Crippen molar-refractivity contribution in [2.75, 3.05) is 13.1 Å². The summed E-state index contributed by atoms with van der Waals surface area (Å²) in [4.78, 5) is 0.216. The smallest absolute Gasteiger partial charge is 0.246 e. The van der Waals surface area contributed by atoms with Crippen LogP contribution in [0, 0.1) is 0 Å². The molecule has 1 saturated heterocycles. The maximum Gasteiger partial charge on any atom is 0.246 e. The van der Waals surface area contributed by atoms with Gasteiger partial charge in [0.1, 0.15) is 4.90 Å². The van der Waals surface area contributed by atoms with Crippen LogP contribution in [0.5, 0.6) is 0 Å². The molecule has 7 nitrogen and oxygen atoms in total. The first-order chi connectivity index (χ1) is 8.68. The zero-order valence-corrected chi connectivity index (χ0v) is 10.4. The summed E-state index contributed by atoms with van der Waals surface area (Å²) < 4.78 is 26.0. The fraction of sp³-hybridized carbons (Fsp3) is 0.400. The normalized spacial score (nSPS) is 21.4. The molecule has 1 aliphatic rings. The molecule has 96 valence electrons. The minimum atomic E-state index is -3.41. The van der Waals surface area contributed by atoms with E-state index in [1.54, 1.807) is 6.20 Å². The standard InChI is InChI=1S/C10H13N5O2S/c16-18(17,9-5-12-13-6-9)15-4-2-8(7-15)10-1-3-11-14-10/h1,3,5-6,8H,2,4,7H2,(H,11,14)(H,12,13)/t8-/m1/s1. The molecule has 0 bridgehead atoms. The van der Waals surface area contributed by atoms with Crippen molar-refractivity contribution in [3.63, 3.8) is 0 Å². The van der Waals surface area contributed by atoms with Crippen LogP contribution in [0.2, 0.25) is 0 Å². The number of rotatable bonds is 3. The second-order valence-electron chi connectivity index (χ2n) is 4.29. The fourth-order valence-corrected chi connectivity index (χ4v) is 3.63. The molecular weight excluding hydrogens is 254 g/mol. The third-order valence-electron chi connectivity index (χ3n) is 3.22. The van der Waals surface area contributed by atoms with Gasteiger partial charge < -0.3 is 0 Å². The van der Waals surface area contributed by atoms with Gasteiger partial charge in [-0.3, -0.25) is 10.2 Å². The molecule has 2 N–H and O–H groups in total. The van der Waals surface area contributed by atoms with Gasteiger partial charge in [-0.2, -0.15) is 14.5 Å². The van der Waals surface area contributed by atoms with Crippen LogP contribution in [0.3, 0.4) is 0 Å². The topological polar surface area (TPSA) is 94.7 Å². The summed E-state index contributed by atoms with van der Waals surface area (Å²) in [6.45, 7) is 1.01. The van der Waals surface area contributed by atoms with Crippen molar-refractivity contribution in [2.24, 2.45) is 0 Å². The Hall–Kier alpha value is -1.67. The summed E-state index contributed by atoms with van der Waals surface area (Å²) in [5, 5.41) is 13.0. The van der Waals surface area contributed by atoms with E-state index in [9.17, 15) is 8.42 Å². The van der Waals surface area contributed by atoms with E-state index >= 15 is 0 Å². The number of H-pyrrole nitrogens is 2. The molecule has 1 fully saturated rings. The molecule has 0 aliphatic carbocycles. The second-order valence-corrected chi connectivity index (χ2v) is 6.23. The van der Waals surface area contributed by atoms with Gasteiger partial charge in [-0.15, -0.1) is 0 Å². The number of aromatic amines is 2. The van der Waals surface area contributed by atoms with Crippen LogP contribution < -0.4 is 0 Å². The first-order valence-corrected chi connectivity index (χ1v) is 7.10. The van der Waals surface area contributed by atoms with Crippen molar-refractivity contribution in [3.8, 4) is 0 Å². The van der Waals surface area contributed by atoms with Crippen LogP contribution in [-0.2, 0) is 10.0 Å². The molecule has 2 aromatic rings. The van der Waals surface area contributed by atoms with Crippen molar-refractivity contribution in [1.29, 1.82) is 0 Å². The molecule has 0 saturated carbocycles. The Morgan fingerprint density at radius 1 is 1.39 bits per heavy atom. The van der Waals surface area contributed by atoms with E-state index in [-0.39, 0.29) is 10.8 Å². The minimum absolute atomic E-state index is 0.189. The monoisotopic (exact) mass is 267 g/mol. The largest absolute Gasteiger partial charge is 0.284 e. The highest BCUT2D eigenvalue weighted by atomic mass is 32.2. The second kappa shape index (κ2) is 4.21. The first-order valence-electron chi connectivity index (χ1n) is 5.66. The van der Waals surface area contributed by atoms with Gasteiger partial charge in [-0.05, 0) is 12.5 Å². The zero-order chi connectivity index (χ0) is 12.6. The quantitative estimate of drug-likeness (QED) is 0.836. The molecule has 3 heterocycles. The van der Waals surface area contributed by atoms with Gasteiger partial charge in [0, 0.05) is 37.1 Å². The minimum Gasteiger partial charge on any atom is -0.284 e. The highest BCUT2D eigenvalue weighted by Crippen LogP contribution is 2.29. The van der Waals surface area contributed by atoms with Crippen molar-refractivity contribution in [1.82, 2.24) is 24.7 Å². The van der Waals surface area contributed by atoms with Gasteiger partial charge in [-0.25, -0.2) is 8.42 Å². The number of nitrogens with one attached hydrogen (secondary N) is 2. The van der Waals surface area contributed by atoms with E-state index in [4.69, 9.17) is 0 Å². The van der Waals surface area contributed by atoms with E-state index in [1.165, 1.54) is 16.7 Å². The number of sulfonamides is 1. The Morgan fingerprint density at radius 3 is 2.94 bits per heavy atom. The Kier molecular flexibility index (Phi) is 2.67. The van der Waals surface area contributed by atoms with Crippen LogP contribution in [0.25, 0.3) is 0 Å². The summed E-state index contributed by atoms with van der Waals surface area (Å²) in [7, 11) is -3.41. The summed E-state index contributed by atoms with van der Waals surface area (Å²) >= 11 is 0. The van der Waals surface area contributed by atoms with Crippen LogP contribution in [0.15, 0.2) is 29.6 Å². The van der Waals surface area contributed by atoms with E-state index in [2.05, 4.69) is 20.4 Å². The molecule has 0 amide bonds. The Morgan fingerprint density at radius 2 is 2.28 bits per heavy atom. The molecule has 2 aromatic heterocycles. The summed E-state index contributed by atoms with van der Waals surface area (Å²) in [5.74, 6) is 0.189. The lowest BCUT2D eigenvalue weighted by atomic mass is 10.1. The highest BCUT2D eigenvalue weighted by molar-refractivity contribution is 7.89. The van der Waals surface area contributed by atoms with Crippen LogP contribution in [0.1, 0.15) is 18.0 Å². The van der Waals surface area contributed by atoms with Gasteiger partial charge in [0.25, 0.3) is 0 Å². The van der Waals surface area contributed by atoms with Crippen molar-refractivity contribution < 1.29 is 8.42 Å². The maximum atomic E-state index is 12.3. The molecule has 18 heavy (non-hydrogen) atoms. The number of aromatic nitrogens is 4. The summed E-state index contributed by atoms with van der Waals surface area (Å²) in [6.07, 6.45) is 5.22. The summed E-state index contributed by atoms with van der Waals surface area (Å²) in [6, 6.07) is 1.89. The molecule has 0 unspecified atom stereocenters. The molecule has 0 radical (unpaired) electrons. The van der Waals surface area contributed by atoms with E-state index in [0.717, 1.165) is 12.1 Å². The summed E-state index contributed by atoms with van der Waals surface area (Å²) in [5.41, 5.74) is 0.986. The van der Waals surface area contributed by atoms with E-state index in [1.807, 2.05) is 6.07 Å². The highest BCUT2D eigenvalue weighted by Gasteiger charge is 2.34. The molecule has 8 heteroatoms. The van der Waals surface area contributed by atoms with Gasteiger partial charge >= 0.3 is 0 Å². The lowest BCUT2D eigenvalue weighted by Crippen LogP contribution is -2.28. The molecule has 0 aromatic carbocycles. The zero-order valence-electron chi connectivity index (χ0n) is 9.57. The van der Waals surface area contributed by atoms with E-state index in [0.29, 0.717) is 13.1 Å². The van der Waals surface area contributed by atoms with Crippen LogP contribution >= 0.6 is 0 Å². The average molecular weight is 267 g/mol. The molecule has 1 atom stereocenters. The van der Waals surface area contributed by atoms with Crippen molar-refractivity contribution in [3.05, 3.63) is 30.4 Å². The van der Waals surface area contributed by atoms with Gasteiger partial charge in [0.05, 0.1) is 6.20 Å². The Bertz CT molecular complexity index is 605. The Labute approximate surface area is 104 Å². The lowest BCUT2D eigenvalue weighted by Gasteiger charge is -2.14. The Balaban J connectivity index is 1.80. The van der Waals surface area contributed by atoms with Gasteiger partial charge in [0.2, 0.25) is 10.0 Å². The number of hydrogen-bond donors (Lipinski definition) is 2. The predicted molar refractivity (Wildman–Crippen MR) is 63.3 cm³/mol. The fourth-order valence-electron chi connectivity index (χ4n) is 2.22. The van der Waals surface area contributed by atoms with Crippen LogP contribution in [-0.4, -0.2) is 46.2 Å². The predicted octanol–water partition coefficient (Wildman–Crippen LogP) is 0.311. The average Bonchev–Trinajstić information content (AvgIpc) is 3.12. The molecular formula is C10H13N5O2S. The number of hydrogen-bond acceptors (Lipinski definition) is 4. The molecule has 1 aliphatic heterocycles.